The molecule has 0 amide bonds. The number of benzene rings is 1. The van der Waals surface area contributed by atoms with Crippen molar-refractivity contribution >= 4 is 5.78 Å². The molecule has 0 aliphatic heterocycles. The molecule has 0 aliphatic carbocycles. The van der Waals surface area contributed by atoms with Crippen LogP contribution in [0, 0.1) is 0 Å². The maximum atomic E-state index is 11.1. The lowest BCUT2D eigenvalue weighted by molar-refractivity contribution is 0.0985. The van der Waals surface area contributed by atoms with E-state index in [0.29, 0.717) is 12.2 Å². The average Bonchev–Trinajstić information content (AvgIpc) is 2.79. The highest BCUT2D eigenvalue weighted by atomic mass is 16.5. The summed E-state index contributed by atoms with van der Waals surface area (Å²) in [6.45, 7) is 1.50. The van der Waals surface area contributed by atoms with Crippen LogP contribution < -0.4 is 4.74 Å². The van der Waals surface area contributed by atoms with Crippen LogP contribution in [0.4, 0.5) is 0 Å². The van der Waals surface area contributed by atoms with Crippen LogP contribution in [0.3, 0.4) is 0 Å². The van der Waals surface area contributed by atoms with E-state index in [9.17, 15) is 4.79 Å². The molecule has 2 aromatic rings. The van der Waals surface area contributed by atoms with Crippen molar-refractivity contribution in [2.45, 2.75) is 13.3 Å². The Hall–Kier alpha value is -2.03. The normalized spacial score (nSPS) is 10.2. The average molecular weight is 230 g/mol. The van der Waals surface area contributed by atoms with Gasteiger partial charge < -0.3 is 9.15 Å². The lowest BCUT2D eigenvalue weighted by atomic mass is 10.1. The summed E-state index contributed by atoms with van der Waals surface area (Å²) in [6.07, 6.45) is 0.678. The van der Waals surface area contributed by atoms with Gasteiger partial charge in [0.25, 0.3) is 0 Å². The lowest BCUT2D eigenvalue weighted by Gasteiger charge is -2.01. The van der Waals surface area contributed by atoms with Gasteiger partial charge >= 0.3 is 0 Å². The molecule has 2 rings (SSSR count). The number of carbonyl (C=O) groups is 1. The van der Waals surface area contributed by atoms with Gasteiger partial charge in [-0.3, -0.25) is 4.79 Å². The van der Waals surface area contributed by atoms with Crippen molar-refractivity contribution in [3.63, 3.8) is 0 Å². The summed E-state index contributed by atoms with van der Waals surface area (Å²) in [7, 11) is 1.64. The Labute approximate surface area is 100 Å². The molecule has 17 heavy (non-hydrogen) atoms. The first-order valence-corrected chi connectivity index (χ1v) is 5.41. The van der Waals surface area contributed by atoms with Gasteiger partial charge in [0.05, 0.1) is 7.11 Å². The predicted octanol–water partition coefficient (Wildman–Crippen LogP) is 3.08. The summed E-state index contributed by atoms with van der Waals surface area (Å²) in [5.41, 5.74) is 1.12. The fourth-order valence-corrected chi connectivity index (χ4v) is 1.61. The van der Waals surface area contributed by atoms with Gasteiger partial charge in [-0.2, -0.15) is 0 Å². The number of ketones is 1. The summed E-state index contributed by atoms with van der Waals surface area (Å²) in [6, 6.07) is 11.3. The Morgan fingerprint density at radius 3 is 2.41 bits per heavy atom. The largest absolute Gasteiger partial charge is 0.497 e. The third-order valence-electron chi connectivity index (χ3n) is 2.55. The number of Topliss-reactive ketones (excluding diaryl/α,β-unsaturated/α-hetero) is 1. The molecule has 1 aromatic carbocycles. The van der Waals surface area contributed by atoms with Gasteiger partial charge in [0.1, 0.15) is 11.5 Å². The Morgan fingerprint density at radius 2 is 1.88 bits per heavy atom. The number of methoxy groups -OCH3 is 1. The van der Waals surface area contributed by atoms with Crippen LogP contribution in [0.5, 0.6) is 5.75 Å². The highest BCUT2D eigenvalue weighted by Gasteiger charge is 2.06. The number of hydrogen-bond donors (Lipinski definition) is 0. The van der Waals surface area contributed by atoms with Crippen LogP contribution >= 0.6 is 0 Å². The van der Waals surface area contributed by atoms with E-state index in [4.69, 9.17) is 9.15 Å². The molecule has 0 bridgehead atoms. The third-order valence-corrected chi connectivity index (χ3v) is 2.55. The Bertz CT molecular complexity index is 509. The zero-order valence-corrected chi connectivity index (χ0v) is 9.90. The molecule has 1 heterocycles. The second-order valence-corrected chi connectivity index (χ2v) is 3.85. The molecule has 3 heteroatoms. The van der Waals surface area contributed by atoms with Crippen LogP contribution in [0.25, 0.3) is 0 Å². The standard InChI is InChI=1S/C14H14O3/c1-10(15)14-8-7-13(17-14)9-11-3-5-12(16-2)6-4-11/h3-8H,9H2,1-2H3. The van der Waals surface area contributed by atoms with E-state index in [1.807, 2.05) is 30.3 Å². The van der Waals surface area contributed by atoms with Gasteiger partial charge in [0.2, 0.25) is 0 Å². The van der Waals surface area contributed by atoms with Crippen LogP contribution in [-0.2, 0) is 6.42 Å². The first-order valence-electron chi connectivity index (χ1n) is 5.41. The predicted molar refractivity (Wildman–Crippen MR) is 64.5 cm³/mol. The fraction of sp³-hybridized carbons (Fsp3) is 0.214. The molecule has 0 saturated carbocycles. The van der Waals surface area contributed by atoms with Crippen molar-refractivity contribution in [2.75, 3.05) is 7.11 Å². The van der Waals surface area contributed by atoms with E-state index in [1.165, 1.54) is 6.92 Å². The SMILES string of the molecule is COc1ccc(Cc2ccc(C(C)=O)o2)cc1. The highest BCUT2D eigenvalue weighted by Crippen LogP contribution is 2.16. The van der Waals surface area contributed by atoms with Gasteiger partial charge in [0, 0.05) is 13.3 Å². The summed E-state index contributed by atoms with van der Waals surface area (Å²) in [5, 5.41) is 0. The molecule has 0 saturated heterocycles. The Morgan fingerprint density at radius 1 is 1.18 bits per heavy atom. The van der Waals surface area contributed by atoms with Crippen LogP contribution in [-0.4, -0.2) is 12.9 Å². The number of furan rings is 1. The zero-order valence-electron chi connectivity index (χ0n) is 9.90. The van der Waals surface area contributed by atoms with E-state index in [0.717, 1.165) is 17.1 Å². The molecule has 0 N–H and O–H groups in total. The van der Waals surface area contributed by atoms with Crippen LogP contribution in [0.2, 0.25) is 0 Å². The summed E-state index contributed by atoms with van der Waals surface area (Å²) < 4.78 is 10.5. The van der Waals surface area contributed by atoms with E-state index < -0.39 is 0 Å². The Balaban J connectivity index is 2.11. The van der Waals surface area contributed by atoms with Crippen molar-refractivity contribution in [3.05, 3.63) is 53.5 Å². The quantitative estimate of drug-likeness (QED) is 0.758. The zero-order chi connectivity index (χ0) is 12.3. The summed E-state index contributed by atoms with van der Waals surface area (Å²) in [4.78, 5) is 11.1. The van der Waals surface area contributed by atoms with E-state index in [1.54, 1.807) is 13.2 Å². The first-order chi connectivity index (χ1) is 8.19. The smallest absolute Gasteiger partial charge is 0.194 e. The second kappa shape index (κ2) is 4.87. The van der Waals surface area contributed by atoms with Crippen LogP contribution in [0.15, 0.2) is 40.8 Å². The topological polar surface area (TPSA) is 39.4 Å². The number of ether oxygens (including phenoxy) is 1. The molecule has 0 spiro atoms. The van der Waals surface area contributed by atoms with E-state index in [2.05, 4.69) is 0 Å². The number of hydrogen-bond acceptors (Lipinski definition) is 3. The minimum atomic E-state index is -0.0500. The molecule has 0 atom stereocenters. The highest BCUT2D eigenvalue weighted by molar-refractivity contribution is 5.91. The molecule has 0 aliphatic rings. The molecule has 1 aromatic heterocycles. The van der Waals surface area contributed by atoms with Crippen molar-refractivity contribution < 1.29 is 13.9 Å². The first kappa shape index (κ1) is 11.5. The Kier molecular flexibility index (Phi) is 3.28. The minimum absolute atomic E-state index is 0.0500. The molecular formula is C14H14O3. The van der Waals surface area contributed by atoms with Crippen molar-refractivity contribution in [1.82, 2.24) is 0 Å². The molecule has 3 nitrogen and oxygen atoms in total. The maximum Gasteiger partial charge on any atom is 0.194 e. The van der Waals surface area contributed by atoms with Gasteiger partial charge in [-0.15, -0.1) is 0 Å². The van der Waals surface area contributed by atoms with Gasteiger partial charge in [-0.05, 0) is 29.8 Å². The van der Waals surface area contributed by atoms with E-state index >= 15 is 0 Å². The maximum absolute atomic E-state index is 11.1. The molecule has 0 radical (unpaired) electrons. The summed E-state index contributed by atoms with van der Waals surface area (Å²) >= 11 is 0. The van der Waals surface area contributed by atoms with Gasteiger partial charge in [-0.25, -0.2) is 0 Å². The minimum Gasteiger partial charge on any atom is -0.497 e. The third kappa shape index (κ3) is 2.75. The number of carbonyl (C=O) groups excluding carboxylic acids is 1. The molecular weight excluding hydrogens is 216 g/mol. The van der Waals surface area contributed by atoms with Gasteiger partial charge in [0.15, 0.2) is 11.5 Å². The van der Waals surface area contributed by atoms with Crippen molar-refractivity contribution in [3.8, 4) is 5.75 Å². The van der Waals surface area contributed by atoms with Crippen molar-refractivity contribution in [2.24, 2.45) is 0 Å². The molecule has 88 valence electrons. The fourth-order valence-electron chi connectivity index (χ4n) is 1.61. The second-order valence-electron chi connectivity index (χ2n) is 3.85. The lowest BCUT2D eigenvalue weighted by Crippen LogP contribution is -1.89. The molecule has 0 unspecified atom stereocenters. The van der Waals surface area contributed by atoms with Crippen molar-refractivity contribution in [1.29, 1.82) is 0 Å². The number of rotatable bonds is 4. The monoisotopic (exact) mass is 230 g/mol. The van der Waals surface area contributed by atoms with Crippen LogP contribution in [0.1, 0.15) is 28.8 Å². The molecule has 0 fully saturated rings. The van der Waals surface area contributed by atoms with Gasteiger partial charge in [-0.1, -0.05) is 12.1 Å². The van der Waals surface area contributed by atoms with E-state index in [-0.39, 0.29) is 5.78 Å². The summed E-state index contributed by atoms with van der Waals surface area (Å²) in [5.74, 6) is 1.98.